The Balaban J connectivity index is 1.52. The Morgan fingerprint density at radius 1 is 1.00 bits per heavy atom. The molecule has 2 heterocycles. The summed E-state index contributed by atoms with van der Waals surface area (Å²) < 4.78 is 0. The van der Waals surface area contributed by atoms with E-state index in [1.54, 1.807) is 4.90 Å². The largest absolute Gasteiger partial charge is 0.395 e. The Labute approximate surface area is 171 Å². The van der Waals surface area contributed by atoms with Gasteiger partial charge in [-0.3, -0.25) is 9.59 Å². The summed E-state index contributed by atoms with van der Waals surface area (Å²) in [6.07, 6.45) is 3.30. The van der Waals surface area contributed by atoms with Gasteiger partial charge in [0.25, 0.3) is 5.91 Å². The van der Waals surface area contributed by atoms with Crippen LogP contribution in [0.5, 0.6) is 0 Å². The lowest BCUT2D eigenvalue weighted by atomic mass is 9.73. The molecule has 0 saturated carbocycles. The molecule has 5 heteroatoms. The monoisotopic (exact) mass is 392 g/mol. The van der Waals surface area contributed by atoms with Gasteiger partial charge >= 0.3 is 0 Å². The number of piperidine rings is 2. The minimum absolute atomic E-state index is 0.0171. The Morgan fingerprint density at radius 2 is 1.79 bits per heavy atom. The van der Waals surface area contributed by atoms with Crippen molar-refractivity contribution >= 4 is 11.8 Å². The van der Waals surface area contributed by atoms with Crippen molar-refractivity contribution in [2.45, 2.75) is 25.7 Å². The molecule has 2 amide bonds. The van der Waals surface area contributed by atoms with Gasteiger partial charge in [0.1, 0.15) is 0 Å². The fourth-order valence-electron chi connectivity index (χ4n) is 4.79. The molecule has 2 aromatic carbocycles. The summed E-state index contributed by atoms with van der Waals surface area (Å²) in [6, 6.07) is 17.9. The first-order valence-electron chi connectivity index (χ1n) is 10.4. The second-order valence-electron chi connectivity index (χ2n) is 8.32. The Kier molecular flexibility index (Phi) is 5.67. The predicted octanol–water partition coefficient (Wildman–Crippen LogP) is 3.19. The smallest absolute Gasteiger partial charge is 0.253 e. The van der Waals surface area contributed by atoms with Crippen molar-refractivity contribution in [1.29, 1.82) is 0 Å². The highest BCUT2D eigenvalue weighted by molar-refractivity contribution is 5.95. The molecule has 0 radical (unpaired) electrons. The third kappa shape index (κ3) is 4.20. The third-order valence-electron chi connectivity index (χ3n) is 6.28. The summed E-state index contributed by atoms with van der Waals surface area (Å²) >= 11 is 0. The average molecular weight is 392 g/mol. The average Bonchev–Trinajstić information content (AvgIpc) is 2.77. The summed E-state index contributed by atoms with van der Waals surface area (Å²) in [5, 5.41) is 9.27. The molecular weight excluding hydrogens is 364 g/mol. The summed E-state index contributed by atoms with van der Waals surface area (Å²) in [7, 11) is 0. The molecule has 4 rings (SSSR count). The van der Waals surface area contributed by atoms with Crippen LogP contribution in [0, 0.1) is 5.41 Å². The van der Waals surface area contributed by atoms with Crippen molar-refractivity contribution in [1.82, 2.24) is 9.80 Å². The van der Waals surface area contributed by atoms with Crippen molar-refractivity contribution in [3.63, 3.8) is 0 Å². The maximum atomic E-state index is 13.3. The van der Waals surface area contributed by atoms with E-state index in [4.69, 9.17) is 0 Å². The lowest BCUT2D eigenvalue weighted by Crippen LogP contribution is -2.55. The molecule has 29 heavy (non-hydrogen) atoms. The predicted molar refractivity (Wildman–Crippen MR) is 112 cm³/mol. The van der Waals surface area contributed by atoms with Gasteiger partial charge in [-0.05, 0) is 42.5 Å². The molecule has 0 bridgehead atoms. The van der Waals surface area contributed by atoms with Crippen molar-refractivity contribution in [2.75, 3.05) is 32.8 Å². The van der Waals surface area contributed by atoms with Gasteiger partial charge in [-0.25, -0.2) is 0 Å². The first-order valence-corrected chi connectivity index (χ1v) is 10.4. The van der Waals surface area contributed by atoms with Crippen molar-refractivity contribution in [3.8, 4) is 11.1 Å². The van der Waals surface area contributed by atoms with Gasteiger partial charge in [-0.2, -0.15) is 0 Å². The Bertz CT molecular complexity index is 883. The highest BCUT2D eigenvalue weighted by atomic mass is 16.3. The van der Waals surface area contributed by atoms with Crippen molar-refractivity contribution in [2.24, 2.45) is 5.41 Å². The number of rotatable bonds is 4. The van der Waals surface area contributed by atoms with Crippen LogP contribution in [0.25, 0.3) is 11.1 Å². The second kappa shape index (κ2) is 8.37. The molecule has 1 N–H and O–H groups in total. The van der Waals surface area contributed by atoms with E-state index in [2.05, 4.69) is 0 Å². The van der Waals surface area contributed by atoms with Crippen LogP contribution in [0.1, 0.15) is 36.0 Å². The normalized spacial score (nSPS) is 22.2. The molecule has 152 valence electrons. The summed E-state index contributed by atoms with van der Waals surface area (Å²) in [4.78, 5) is 29.2. The third-order valence-corrected chi connectivity index (χ3v) is 6.28. The summed E-state index contributed by atoms with van der Waals surface area (Å²) in [6.45, 7) is 2.44. The van der Waals surface area contributed by atoms with Crippen LogP contribution in [0.3, 0.4) is 0 Å². The molecule has 2 fully saturated rings. The standard InChI is InChI=1S/C24H28N2O3/c27-15-14-25-17-24(12-10-22(25)28)11-5-13-26(18-24)23(29)21-9-4-8-20(16-21)19-6-2-1-3-7-19/h1-4,6-9,16,27H,5,10-15,17-18H2/t24-/m1/s1. The molecule has 2 aromatic rings. The van der Waals surface area contributed by atoms with Crippen molar-refractivity contribution < 1.29 is 14.7 Å². The molecule has 0 aliphatic carbocycles. The van der Waals surface area contributed by atoms with Gasteiger partial charge < -0.3 is 14.9 Å². The number of carbonyl (C=O) groups is 2. The second-order valence-corrected chi connectivity index (χ2v) is 8.32. The number of carbonyl (C=O) groups excluding carboxylic acids is 2. The van der Waals surface area contributed by atoms with Gasteiger partial charge in [0.15, 0.2) is 0 Å². The number of hydrogen-bond donors (Lipinski definition) is 1. The van der Waals surface area contributed by atoms with E-state index in [1.165, 1.54) is 0 Å². The van der Waals surface area contributed by atoms with E-state index in [-0.39, 0.29) is 23.8 Å². The minimum Gasteiger partial charge on any atom is -0.395 e. The molecule has 1 spiro atoms. The molecular formula is C24H28N2O3. The maximum absolute atomic E-state index is 13.3. The van der Waals surface area contributed by atoms with Crippen LogP contribution in [-0.2, 0) is 4.79 Å². The lowest BCUT2D eigenvalue weighted by molar-refractivity contribution is -0.139. The van der Waals surface area contributed by atoms with E-state index in [9.17, 15) is 14.7 Å². The number of β-amino-alcohol motifs (C(OH)–C–C–N with tert-alkyl or cyclic N) is 1. The number of benzene rings is 2. The molecule has 1 atom stereocenters. The van der Waals surface area contributed by atoms with E-state index in [0.29, 0.717) is 31.6 Å². The Morgan fingerprint density at radius 3 is 2.59 bits per heavy atom. The van der Waals surface area contributed by atoms with Gasteiger partial charge in [0, 0.05) is 43.6 Å². The topological polar surface area (TPSA) is 60.9 Å². The van der Waals surface area contributed by atoms with Crippen LogP contribution in [0.2, 0.25) is 0 Å². The molecule has 2 aliphatic heterocycles. The van der Waals surface area contributed by atoms with E-state index in [1.807, 2.05) is 59.5 Å². The first-order chi connectivity index (χ1) is 14.1. The van der Waals surface area contributed by atoms with Crippen LogP contribution >= 0.6 is 0 Å². The Hall–Kier alpha value is -2.66. The molecule has 2 saturated heterocycles. The van der Waals surface area contributed by atoms with Gasteiger partial charge in [-0.1, -0.05) is 42.5 Å². The number of amides is 2. The van der Waals surface area contributed by atoms with Crippen molar-refractivity contribution in [3.05, 3.63) is 60.2 Å². The summed E-state index contributed by atoms with van der Waals surface area (Å²) in [5.74, 6) is 0.177. The number of nitrogens with zero attached hydrogens (tertiary/aromatic N) is 2. The zero-order chi connectivity index (χ0) is 20.3. The lowest BCUT2D eigenvalue weighted by Gasteiger charge is -2.48. The molecule has 5 nitrogen and oxygen atoms in total. The quantitative estimate of drug-likeness (QED) is 0.869. The number of aliphatic hydroxyl groups excluding tert-OH is 1. The van der Waals surface area contributed by atoms with Gasteiger partial charge in [-0.15, -0.1) is 0 Å². The zero-order valence-corrected chi connectivity index (χ0v) is 16.7. The van der Waals surface area contributed by atoms with E-state index >= 15 is 0 Å². The number of aliphatic hydroxyl groups is 1. The molecule has 0 unspecified atom stereocenters. The first kappa shape index (κ1) is 19.6. The van der Waals surface area contributed by atoms with E-state index in [0.717, 1.165) is 36.9 Å². The van der Waals surface area contributed by atoms with Crippen LogP contribution < -0.4 is 0 Å². The van der Waals surface area contributed by atoms with Crippen LogP contribution in [0.15, 0.2) is 54.6 Å². The highest BCUT2D eigenvalue weighted by Gasteiger charge is 2.42. The number of hydrogen-bond acceptors (Lipinski definition) is 3. The molecule has 2 aliphatic rings. The van der Waals surface area contributed by atoms with Gasteiger partial charge in [0.2, 0.25) is 5.91 Å². The zero-order valence-electron chi connectivity index (χ0n) is 16.7. The fourth-order valence-corrected chi connectivity index (χ4v) is 4.79. The van der Waals surface area contributed by atoms with E-state index < -0.39 is 0 Å². The minimum atomic E-state index is -0.0476. The van der Waals surface area contributed by atoms with Crippen LogP contribution in [0.4, 0.5) is 0 Å². The summed E-state index contributed by atoms with van der Waals surface area (Å²) in [5.41, 5.74) is 2.80. The maximum Gasteiger partial charge on any atom is 0.253 e. The molecule has 0 aromatic heterocycles. The fraction of sp³-hybridized carbons (Fsp3) is 0.417. The highest BCUT2D eigenvalue weighted by Crippen LogP contribution is 2.39. The van der Waals surface area contributed by atoms with Gasteiger partial charge in [0.05, 0.1) is 6.61 Å². The SMILES string of the molecule is O=C1CC[C@]2(CCCN(C(=O)c3cccc(-c4ccccc4)c3)C2)CN1CCO. The van der Waals surface area contributed by atoms with Crippen LogP contribution in [-0.4, -0.2) is 59.5 Å². The number of likely N-dealkylation sites (tertiary alicyclic amines) is 2.